The number of aliphatic carboxylic acids is 1. The third-order valence-corrected chi connectivity index (χ3v) is 13.1. The van der Waals surface area contributed by atoms with E-state index in [1.807, 2.05) is 11.9 Å². The molecule has 8 rings (SSSR count). The Hall–Kier alpha value is -5.61. The minimum Gasteiger partial charge on any atom is -0.477 e. The number of H-pyrrole nitrogens is 1. The Labute approximate surface area is 371 Å². The van der Waals surface area contributed by atoms with Crippen LogP contribution in [0.1, 0.15) is 39.5 Å². The van der Waals surface area contributed by atoms with Crippen molar-refractivity contribution in [3.63, 3.8) is 0 Å². The molecule has 0 saturated carbocycles. The lowest BCUT2D eigenvalue weighted by Crippen LogP contribution is -2.62. The van der Waals surface area contributed by atoms with E-state index < -0.39 is 23.7 Å². The fourth-order valence-corrected chi connectivity index (χ4v) is 9.41. The highest BCUT2D eigenvalue weighted by molar-refractivity contribution is 6.34. The van der Waals surface area contributed by atoms with Gasteiger partial charge in [-0.2, -0.15) is 18.3 Å². The van der Waals surface area contributed by atoms with Crippen LogP contribution in [0.4, 0.5) is 24.5 Å². The monoisotopic (exact) mass is 911 g/mol. The number of quaternary nitrogens is 1. The topological polar surface area (TPSA) is 203 Å². The van der Waals surface area contributed by atoms with E-state index in [1.165, 1.54) is 29.8 Å². The number of piperazine rings is 1. The maximum atomic E-state index is 14.4. The Balaban J connectivity index is 0.891. The SMILES string of the molecule is CN(c1ccc(-c2[nH]nc(C(F)(F)F)c2-c2cnc(C(=O)Nc3ccc(C(=O)N4CCN(C(=O)C5CC[N+](CC(=O)O)(CC6CNC6)CC5)CC4)c(Cl)c3)n2C)nc1)[C@H]1COCCN1. The number of pyridine rings is 1. The van der Waals surface area contributed by atoms with Crippen LogP contribution in [0.3, 0.4) is 0 Å². The van der Waals surface area contributed by atoms with Gasteiger partial charge in [0, 0.05) is 90.3 Å². The average molecular weight is 912 g/mol. The van der Waals surface area contributed by atoms with Crippen molar-refractivity contribution in [2.24, 2.45) is 18.9 Å². The first kappa shape index (κ1) is 45.0. The summed E-state index contributed by atoms with van der Waals surface area (Å²) in [4.78, 5) is 66.4. The minimum atomic E-state index is -4.86. The van der Waals surface area contributed by atoms with E-state index in [0.717, 1.165) is 25.8 Å². The normalized spacial score (nSPS) is 21.9. The van der Waals surface area contributed by atoms with Crippen LogP contribution in [-0.4, -0.2) is 166 Å². The van der Waals surface area contributed by atoms with Gasteiger partial charge in [0.1, 0.15) is 6.17 Å². The van der Waals surface area contributed by atoms with E-state index in [2.05, 4.69) is 36.1 Å². The van der Waals surface area contributed by atoms with Crippen LogP contribution in [0.5, 0.6) is 0 Å². The molecule has 0 radical (unpaired) electrons. The molecule has 4 fully saturated rings. The number of aromatic amines is 1. The first-order valence-electron chi connectivity index (χ1n) is 21.3. The number of benzene rings is 1. The van der Waals surface area contributed by atoms with Crippen LogP contribution in [0, 0.1) is 11.8 Å². The number of alkyl halides is 3. The number of imidazole rings is 1. The van der Waals surface area contributed by atoms with Crippen LogP contribution in [-0.2, 0) is 27.5 Å². The van der Waals surface area contributed by atoms with Crippen molar-refractivity contribution in [3.8, 4) is 22.6 Å². The number of carboxylic acid groups (broad SMARTS) is 1. The molecule has 4 aliphatic heterocycles. The van der Waals surface area contributed by atoms with Gasteiger partial charge in [0.25, 0.3) is 11.8 Å². The molecule has 4 saturated heterocycles. The zero-order valence-corrected chi connectivity index (χ0v) is 36.2. The second kappa shape index (κ2) is 18.5. The Morgan fingerprint density at radius 1 is 1.03 bits per heavy atom. The van der Waals surface area contributed by atoms with Gasteiger partial charge in [0.05, 0.1) is 84.2 Å². The molecule has 1 atom stereocenters. The fraction of sp³-hybridized carbons (Fsp3) is 0.500. The molecule has 64 heavy (non-hydrogen) atoms. The van der Waals surface area contributed by atoms with Crippen LogP contribution in [0.2, 0.25) is 5.02 Å². The first-order chi connectivity index (χ1) is 30.6. The summed E-state index contributed by atoms with van der Waals surface area (Å²) in [6, 6.07) is 7.69. The van der Waals surface area contributed by atoms with Gasteiger partial charge >= 0.3 is 12.1 Å². The zero-order valence-electron chi connectivity index (χ0n) is 35.5. The number of amides is 3. The van der Waals surface area contributed by atoms with Gasteiger partial charge in [0.2, 0.25) is 5.91 Å². The second-order valence-electron chi connectivity index (χ2n) is 17.0. The molecule has 18 nitrogen and oxygen atoms in total. The van der Waals surface area contributed by atoms with E-state index in [0.29, 0.717) is 88.0 Å². The van der Waals surface area contributed by atoms with Crippen molar-refractivity contribution in [1.82, 2.24) is 45.2 Å². The van der Waals surface area contributed by atoms with Gasteiger partial charge in [-0.05, 0) is 30.3 Å². The lowest BCUT2D eigenvalue weighted by molar-refractivity contribution is -0.929. The van der Waals surface area contributed by atoms with Crippen LogP contribution >= 0.6 is 11.6 Å². The molecular formula is C42H51ClF3N12O6+. The van der Waals surface area contributed by atoms with E-state index in [9.17, 15) is 37.5 Å². The molecule has 7 heterocycles. The summed E-state index contributed by atoms with van der Waals surface area (Å²) in [7, 11) is 3.27. The number of carbonyl (C=O) groups is 4. The number of piperidine rings is 1. The largest absolute Gasteiger partial charge is 0.477 e. The van der Waals surface area contributed by atoms with Gasteiger partial charge in [0.15, 0.2) is 18.1 Å². The standard InChI is InChI=1S/C42H50ClF3N12O6/c1-54(33-24-64-16-9-48-33)28-4-6-31(49-20-28)36-35(37(53-52-36)42(44,45)46)32-21-50-38(55(32)2)39(61)51-27-3-5-29(30(43)17-27)41(63)57-12-10-56(11-13-57)40(62)26-7-14-58(15-8-26,23-34(59)60)22-25-18-47-19-25/h3-6,17,20-21,25-26,33,47-48H,7-16,18-19,22-24H2,1-2H3,(H2-,49,51,52,53,59,60,61,63)/p+1/t26?,33-,58?/m0/s1. The number of hydrogen-bond acceptors (Lipinski definition) is 11. The molecule has 3 amide bonds. The smallest absolute Gasteiger partial charge is 0.435 e. The number of nitrogens with one attached hydrogen (secondary N) is 4. The number of halogens is 4. The summed E-state index contributed by atoms with van der Waals surface area (Å²) in [5.74, 6) is -1.82. The molecule has 0 spiro atoms. The molecule has 342 valence electrons. The predicted octanol–water partition coefficient (Wildman–Crippen LogP) is 2.99. The maximum absolute atomic E-state index is 14.4. The molecular weight excluding hydrogens is 861 g/mol. The highest BCUT2D eigenvalue weighted by Crippen LogP contribution is 2.41. The molecule has 22 heteroatoms. The van der Waals surface area contributed by atoms with E-state index in [-0.39, 0.29) is 75.2 Å². The summed E-state index contributed by atoms with van der Waals surface area (Å²) < 4.78 is 50.4. The van der Waals surface area contributed by atoms with Crippen molar-refractivity contribution in [3.05, 3.63) is 64.8 Å². The number of likely N-dealkylation sites (tertiary alicyclic amines) is 1. The molecule has 4 aliphatic rings. The van der Waals surface area contributed by atoms with Crippen molar-refractivity contribution < 1.29 is 46.7 Å². The van der Waals surface area contributed by atoms with Crippen molar-refractivity contribution in [2.45, 2.75) is 25.2 Å². The van der Waals surface area contributed by atoms with Gasteiger partial charge in [-0.1, -0.05) is 11.6 Å². The number of carbonyl (C=O) groups excluding carboxylic acids is 3. The molecule has 1 aromatic carbocycles. The second-order valence-corrected chi connectivity index (χ2v) is 17.4. The van der Waals surface area contributed by atoms with E-state index in [1.54, 1.807) is 28.1 Å². The Bertz CT molecular complexity index is 2370. The summed E-state index contributed by atoms with van der Waals surface area (Å²) in [6.45, 7) is 6.95. The van der Waals surface area contributed by atoms with Crippen LogP contribution < -0.4 is 20.9 Å². The molecule has 5 N–H and O–H groups in total. The molecule has 3 aromatic heterocycles. The number of rotatable bonds is 12. The lowest BCUT2D eigenvalue weighted by Gasteiger charge is -2.46. The number of hydrogen-bond donors (Lipinski definition) is 5. The van der Waals surface area contributed by atoms with Gasteiger partial charge in [-0.15, -0.1) is 0 Å². The number of likely N-dealkylation sites (N-methyl/N-ethyl adjacent to an activating group) is 1. The number of carboxylic acids is 1. The van der Waals surface area contributed by atoms with Gasteiger partial charge < -0.3 is 44.2 Å². The summed E-state index contributed by atoms with van der Waals surface area (Å²) in [5, 5.41) is 25.0. The minimum absolute atomic E-state index is 0.0163. The summed E-state index contributed by atoms with van der Waals surface area (Å²) >= 11 is 6.60. The average Bonchev–Trinajstić information content (AvgIpc) is 3.89. The maximum Gasteiger partial charge on any atom is 0.435 e. The number of nitrogens with zero attached hydrogens (tertiary/aromatic N) is 8. The van der Waals surface area contributed by atoms with Crippen LogP contribution in [0.15, 0.2) is 42.7 Å². The highest BCUT2D eigenvalue weighted by Gasteiger charge is 2.43. The lowest BCUT2D eigenvalue weighted by atomic mass is 9.90. The summed E-state index contributed by atoms with van der Waals surface area (Å²) in [6.07, 6.45) is -1.01. The quantitative estimate of drug-likeness (QED) is 0.130. The Kier molecular flexibility index (Phi) is 13.0. The molecule has 0 aliphatic carbocycles. The Morgan fingerprint density at radius 2 is 1.77 bits per heavy atom. The van der Waals surface area contributed by atoms with E-state index >= 15 is 0 Å². The third kappa shape index (κ3) is 9.44. The Morgan fingerprint density at radius 3 is 2.38 bits per heavy atom. The van der Waals surface area contributed by atoms with Crippen molar-refractivity contribution >= 4 is 46.7 Å². The fourth-order valence-electron chi connectivity index (χ4n) is 9.15. The highest BCUT2D eigenvalue weighted by atomic mass is 35.5. The van der Waals surface area contributed by atoms with Gasteiger partial charge in [-0.25, -0.2) is 9.78 Å². The number of aromatic nitrogens is 5. The molecule has 4 aromatic rings. The van der Waals surface area contributed by atoms with E-state index in [4.69, 9.17) is 16.3 Å². The number of anilines is 2. The summed E-state index contributed by atoms with van der Waals surface area (Å²) in [5.41, 5.74) is -0.279. The predicted molar refractivity (Wildman–Crippen MR) is 228 cm³/mol. The molecule has 0 unspecified atom stereocenters. The number of ether oxygens (including phenoxy) is 1. The third-order valence-electron chi connectivity index (χ3n) is 12.8. The molecule has 0 bridgehead atoms. The van der Waals surface area contributed by atoms with Crippen LogP contribution in [0.25, 0.3) is 22.6 Å². The van der Waals surface area contributed by atoms with Crippen molar-refractivity contribution in [1.29, 1.82) is 0 Å². The van der Waals surface area contributed by atoms with Crippen molar-refractivity contribution in [2.75, 3.05) is 102 Å². The zero-order chi connectivity index (χ0) is 45.3. The van der Waals surface area contributed by atoms with Gasteiger partial charge in [-0.3, -0.25) is 29.8 Å². The number of morpholine rings is 1. The first-order valence-corrected chi connectivity index (χ1v) is 21.6.